The molecule has 5 nitrogen and oxygen atoms in total. The van der Waals surface area contributed by atoms with Crippen LogP contribution >= 0.6 is 27.3 Å². The molecule has 2 heterocycles. The van der Waals surface area contributed by atoms with E-state index in [1.807, 2.05) is 19.2 Å². The molecule has 0 saturated carbocycles. The predicted molar refractivity (Wildman–Crippen MR) is 102 cm³/mol. The molecule has 1 amide bonds. The highest BCUT2D eigenvalue weighted by molar-refractivity contribution is 9.10. The average Bonchev–Trinajstić information content (AvgIpc) is 2.92. The van der Waals surface area contributed by atoms with Crippen LogP contribution < -0.4 is 5.32 Å². The first-order valence-electron chi connectivity index (χ1n) is 8.06. The summed E-state index contributed by atoms with van der Waals surface area (Å²) >= 11 is 4.82. The molecule has 0 atom stereocenters. The second-order valence-corrected chi connectivity index (χ2v) is 7.90. The zero-order valence-electron chi connectivity index (χ0n) is 14.1. The summed E-state index contributed by atoms with van der Waals surface area (Å²) in [5.41, 5.74) is 2.06. The molecular weight excluding hydrogens is 404 g/mol. The Labute approximate surface area is 159 Å². The first-order chi connectivity index (χ1) is 12.0. The van der Waals surface area contributed by atoms with Crippen molar-refractivity contribution in [2.45, 2.75) is 19.9 Å². The summed E-state index contributed by atoms with van der Waals surface area (Å²) in [4.78, 5) is 28.3. The van der Waals surface area contributed by atoms with E-state index in [0.29, 0.717) is 22.7 Å². The predicted octanol–water partition coefficient (Wildman–Crippen LogP) is 3.93. The number of nitrogens with zero attached hydrogens (tertiary/aromatic N) is 1. The van der Waals surface area contributed by atoms with Gasteiger partial charge in [0.15, 0.2) is 0 Å². The maximum Gasteiger partial charge on any atom is 0.341 e. The van der Waals surface area contributed by atoms with Crippen LogP contribution in [0.1, 0.15) is 38.1 Å². The minimum absolute atomic E-state index is 0.231. The second kappa shape index (κ2) is 7.68. The number of likely N-dealkylation sites (N-methyl/N-ethyl adjacent to an activating group) is 1. The third-order valence-corrected chi connectivity index (χ3v) is 5.72. The van der Waals surface area contributed by atoms with Crippen LogP contribution in [0.25, 0.3) is 0 Å². The van der Waals surface area contributed by atoms with Gasteiger partial charge in [0.05, 0.1) is 12.2 Å². The van der Waals surface area contributed by atoms with E-state index in [-0.39, 0.29) is 11.9 Å². The average molecular weight is 423 g/mol. The summed E-state index contributed by atoms with van der Waals surface area (Å²) in [6.07, 6.45) is 0.782. The number of amides is 1. The lowest BCUT2D eigenvalue weighted by Gasteiger charge is -2.22. The van der Waals surface area contributed by atoms with Gasteiger partial charge in [0, 0.05) is 28.0 Å². The number of carbonyl (C=O) groups is 2. The number of hydrogen-bond donors (Lipinski definition) is 1. The SMILES string of the molecule is CCOC(=O)c1c(NC(=O)c2ccc(Br)cc2)sc2c1CCN(C)C2. The summed E-state index contributed by atoms with van der Waals surface area (Å²) in [6, 6.07) is 7.11. The van der Waals surface area contributed by atoms with Gasteiger partial charge in [-0.1, -0.05) is 15.9 Å². The van der Waals surface area contributed by atoms with Gasteiger partial charge in [-0.05, 0) is 50.2 Å². The van der Waals surface area contributed by atoms with E-state index in [0.717, 1.165) is 34.4 Å². The molecule has 3 rings (SSSR count). The summed E-state index contributed by atoms with van der Waals surface area (Å²) < 4.78 is 6.13. The number of ether oxygens (including phenoxy) is 1. The quantitative estimate of drug-likeness (QED) is 0.758. The number of rotatable bonds is 4. The number of carbonyl (C=O) groups excluding carboxylic acids is 2. The van der Waals surface area contributed by atoms with Crippen LogP contribution in [0, 0.1) is 0 Å². The van der Waals surface area contributed by atoms with E-state index in [2.05, 4.69) is 26.1 Å². The zero-order valence-corrected chi connectivity index (χ0v) is 16.5. The Kier molecular flexibility index (Phi) is 5.56. The molecule has 1 aromatic heterocycles. The third-order valence-electron chi connectivity index (χ3n) is 4.06. The highest BCUT2D eigenvalue weighted by Crippen LogP contribution is 2.37. The molecule has 1 N–H and O–H groups in total. The van der Waals surface area contributed by atoms with Gasteiger partial charge in [-0.2, -0.15) is 0 Å². The lowest BCUT2D eigenvalue weighted by Crippen LogP contribution is -2.26. The molecule has 1 aliphatic rings. The molecule has 132 valence electrons. The topological polar surface area (TPSA) is 58.6 Å². The van der Waals surface area contributed by atoms with Crippen LogP contribution in [0.15, 0.2) is 28.7 Å². The molecule has 0 spiro atoms. The van der Waals surface area contributed by atoms with Crippen molar-refractivity contribution in [1.82, 2.24) is 4.90 Å². The van der Waals surface area contributed by atoms with Crippen molar-refractivity contribution in [3.63, 3.8) is 0 Å². The van der Waals surface area contributed by atoms with Gasteiger partial charge in [0.2, 0.25) is 0 Å². The summed E-state index contributed by atoms with van der Waals surface area (Å²) in [5.74, 6) is -0.597. The standard InChI is InChI=1S/C18H19BrN2O3S/c1-3-24-18(23)15-13-8-9-21(2)10-14(13)25-17(15)20-16(22)11-4-6-12(19)7-5-11/h4-7H,3,8-10H2,1-2H3,(H,20,22). The Hall–Kier alpha value is -1.70. The van der Waals surface area contributed by atoms with Gasteiger partial charge in [0.25, 0.3) is 5.91 Å². The Morgan fingerprint density at radius 1 is 1.32 bits per heavy atom. The van der Waals surface area contributed by atoms with Crippen molar-refractivity contribution in [2.24, 2.45) is 0 Å². The van der Waals surface area contributed by atoms with Gasteiger partial charge < -0.3 is 15.0 Å². The number of halogens is 1. The molecule has 0 saturated heterocycles. The van der Waals surface area contributed by atoms with Crippen LogP contribution in [0.4, 0.5) is 5.00 Å². The minimum Gasteiger partial charge on any atom is -0.462 e. The van der Waals surface area contributed by atoms with Gasteiger partial charge in [-0.3, -0.25) is 4.79 Å². The first-order valence-corrected chi connectivity index (χ1v) is 9.67. The van der Waals surface area contributed by atoms with Crippen LogP contribution in [-0.4, -0.2) is 37.0 Å². The first kappa shape index (κ1) is 18.1. The normalized spacial score (nSPS) is 14.0. The van der Waals surface area contributed by atoms with E-state index in [4.69, 9.17) is 4.74 Å². The molecule has 1 aromatic carbocycles. The molecule has 25 heavy (non-hydrogen) atoms. The lowest BCUT2D eigenvalue weighted by molar-refractivity contribution is 0.0526. The maximum absolute atomic E-state index is 12.6. The van der Waals surface area contributed by atoms with Gasteiger partial charge in [0.1, 0.15) is 5.00 Å². The molecule has 0 fully saturated rings. The van der Waals surface area contributed by atoms with E-state index in [1.165, 1.54) is 11.3 Å². The molecule has 0 radical (unpaired) electrons. The molecule has 0 bridgehead atoms. The summed E-state index contributed by atoms with van der Waals surface area (Å²) in [5, 5.41) is 3.48. The fourth-order valence-electron chi connectivity index (χ4n) is 2.82. The molecular formula is C18H19BrN2O3S. The Morgan fingerprint density at radius 2 is 2.04 bits per heavy atom. The molecule has 7 heteroatoms. The fraction of sp³-hybridized carbons (Fsp3) is 0.333. The van der Waals surface area contributed by atoms with Crippen molar-refractivity contribution >= 4 is 44.1 Å². The van der Waals surface area contributed by atoms with E-state index < -0.39 is 0 Å². The Bertz CT molecular complexity index is 801. The van der Waals surface area contributed by atoms with E-state index in [1.54, 1.807) is 19.1 Å². The highest BCUT2D eigenvalue weighted by Gasteiger charge is 2.28. The van der Waals surface area contributed by atoms with Crippen molar-refractivity contribution in [3.05, 3.63) is 50.3 Å². The zero-order chi connectivity index (χ0) is 18.0. The number of hydrogen-bond acceptors (Lipinski definition) is 5. The van der Waals surface area contributed by atoms with E-state index in [9.17, 15) is 9.59 Å². The molecule has 1 aliphatic heterocycles. The largest absolute Gasteiger partial charge is 0.462 e. The van der Waals surface area contributed by atoms with Gasteiger partial charge in [-0.25, -0.2) is 4.79 Å². The van der Waals surface area contributed by atoms with Crippen molar-refractivity contribution < 1.29 is 14.3 Å². The van der Waals surface area contributed by atoms with Crippen molar-refractivity contribution in [3.8, 4) is 0 Å². The number of esters is 1. The number of anilines is 1. The monoisotopic (exact) mass is 422 g/mol. The van der Waals surface area contributed by atoms with E-state index >= 15 is 0 Å². The molecule has 2 aromatic rings. The number of benzene rings is 1. The third kappa shape index (κ3) is 3.94. The summed E-state index contributed by atoms with van der Waals surface area (Å²) in [6.45, 7) is 3.75. The van der Waals surface area contributed by atoms with Crippen molar-refractivity contribution in [2.75, 3.05) is 25.5 Å². The second-order valence-electron chi connectivity index (χ2n) is 5.88. The highest BCUT2D eigenvalue weighted by atomic mass is 79.9. The van der Waals surface area contributed by atoms with Crippen LogP contribution in [-0.2, 0) is 17.7 Å². The van der Waals surface area contributed by atoms with Crippen LogP contribution in [0.3, 0.4) is 0 Å². The van der Waals surface area contributed by atoms with Crippen LogP contribution in [0.5, 0.6) is 0 Å². The van der Waals surface area contributed by atoms with Crippen LogP contribution in [0.2, 0.25) is 0 Å². The number of nitrogens with one attached hydrogen (secondary N) is 1. The fourth-order valence-corrected chi connectivity index (χ4v) is 4.39. The van der Waals surface area contributed by atoms with Gasteiger partial charge in [-0.15, -0.1) is 11.3 Å². The smallest absolute Gasteiger partial charge is 0.341 e. The maximum atomic E-state index is 12.6. The number of fused-ring (bicyclic) bond motifs is 1. The summed E-state index contributed by atoms with van der Waals surface area (Å²) in [7, 11) is 2.05. The van der Waals surface area contributed by atoms with Gasteiger partial charge >= 0.3 is 5.97 Å². The number of thiophene rings is 1. The lowest BCUT2D eigenvalue weighted by atomic mass is 10.0. The molecule has 0 unspecified atom stereocenters. The molecule has 0 aliphatic carbocycles. The Balaban J connectivity index is 1.93. The van der Waals surface area contributed by atoms with Crippen molar-refractivity contribution in [1.29, 1.82) is 0 Å². The Morgan fingerprint density at radius 3 is 2.72 bits per heavy atom. The minimum atomic E-state index is -0.365.